The highest BCUT2D eigenvalue weighted by atomic mass is 16.1. The molecule has 1 rings (SSSR count). The lowest BCUT2D eigenvalue weighted by molar-refractivity contribution is -0.114. The number of ketones is 1. The molecule has 1 aromatic carbocycles. The zero-order chi connectivity index (χ0) is 11.6. The number of rotatable bonds is 2. The van der Waals surface area contributed by atoms with E-state index in [1.165, 1.54) is 13.8 Å². The van der Waals surface area contributed by atoms with Gasteiger partial charge < -0.3 is 5.32 Å². The van der Waals surface area contributed by atoms with Crippen LogP contribution in [-0.4, -0.2) is 11.7 Å². The third-order valence-corrected chi connectivity index (χ3v) is 2.35. The van der Waals surface area contributed by atoms with Gasteiger partial charge in [0, 0.05) is 18.2 Å². The van der Waals surface area contributed by atoms with Crippen molar-refractivity contribution in [3.8, 4) is 0 Å². The molecule has 0 heterocycles. The first kappa shape index (κ1) is 11.4. The van der Waals surface area contributed by atoms with E-state index in [-0.39, 0.29) is 11.7 Å². The molecular formula is C12H15NO2. The fraction of sp³-hybridized carbons (Fsp3) is 0.333. The predicted molar refractivity (Wildman–Crippen MR) is 60.2 cm³/mol. The first-order chi connectivity index (χ1) is 6.93. The van der Waals surface area contributed by atoms with Crippen LogP contribution in [0.25, 0.3) is 0 Å². The molecule has 0 bridgehead atoms. The topological polar surface area (TPSA) is 46.2 Å². The van der Waals surface area contributed by atoms with Gasteiger partial charge in [-0.2, -0.15) is 0 Å². The fourth-order valence-corrected chi connectivity index (χ4v) is 1.60. The first-order valence-electron chi connectivity index (χ1n) is 4.82. The molecule has 3 nitrogen and oxygen atoms in total. The van der Waals surface area contributed by atoms with Crippen molar-refractivity contribution in [3.05, 3.63) is 28.8 Å². The Morgan fingerprint density at radius 1 is 1.13 bits per heavy atom. The van der Waals surface area contributed by atoms with E-state index in [1.54, 1.807) is 6.07 Å². The average molecular weight is 205 g/mol. The Morgan fingerprint density at radius 2 is 1.73 bits per heavy atom. The summed E-state index contributed by atoms with van der Waals surface area (Å²) < 4.78 is 0. The molecule has 0 aliphatic heterocycles. The molecule has 80 valence electrons. The summed E-state index contributed by atoms with van der Waals surface area (Å²) in [4.78, 5) is 22.3. The second-order valence-electron chi connectivity index (χ2n) is 3.67. The van der Waals surface area contributed by atoms with Gasteiger partial charge in [-0.25, -0.2) is 0 Å². The Hall–Kier alpha value is -1.64. The molecule has 0 aromatic heterocycles. The first-order valence-corrected chi connectivity index (χ1v) is 4.82. The molecule has 0 saturated heterocycles. The Kier molecular flexibility index (Phi) is 3.24. The normalized spacial score (nSPS) is 9.87. The molecule has 0 saturated carbocycles. The number of carbonyl (C=O) groups excluding carboxylic acids is 2. The van der Waals surface area contributed by atoms with Crippen molar-refractivity contribution < 1.29 is 9.59 Å². The van der Waals surface area contributed by atoms with Gasteiger partial charge in [0.1, 0.15) is 0 Å². The molecule has 0 radical (unpaired) electrons. The Morgan fingerprint density at radius 3 is 2.20 bits per heavy atom. The minimum absolute atomic E-state index is 0.0131. The largest absolute Gasteiger partial charge is 0.326 e. The predicted octanol–water partition coefficient (Wildman–Crippen LogP) is 2.46. The van der Waals surface area contributed by atoms with Crippen molar-refractivity contribution in [1.29, 1.82) is 0 Å². The van der Waals surface area contributed by atoms with Gasteiger partial charge in [-0.1, -0.05) is 12.1 Å². The molecular weight excluding hydrogens is 190 g/mol. The van der Waals surface area contributed by atoms with Crippen LogP contribution in [0.5, 0.6) is 0 Å². The summed E-state index contributed by atoms with van der Waals surface area (Å²) in [5.41, 5.74) is 3.20. The van der Waals surface area contributed by atoms with Gasteiger partial charge in [0.2, 0.25) is 5.91 Å². The van der Waals surface area contributed by atoms with Crippen LogP contribution in [0.2, 0.25) is 0 Å². The summed E-state index contributed by atoms with van der Waals surface area (Å²) in [6.45, 7) is 6.73. The molecule has 0 aliphatic carbocycles. The molecule has 1 amide bonds. The monoisotopic (exact) mass is 205 g/mol. The Balaban J connectivity index is 3.29. The van der Waals surface area contributed by atoms with Crippen LogP contribution in [0, 0.1) is 13.8 Å². The Bertz CT molecular complexity index is 422. The summed E-state index contributed by atoms with van der Waals surface area (Å²) in [5, 5.41) is 2.75. The number of hydrogen-bond acceptors (Lipinski definition) is 2. The van der Waals surface area contributed by atoms with E-state index >= 15 is 0 Å². The number of benzene rings is 1. The summed E-state index contributed by atoms with van der Waals surface area (Å²) in [6, 6.07) is 3.63. The lowest BCUT2D eigenvalue weighted by atomic mass is 10.00. The summed E-state index contributed by atoms with van der Waals surface area (Å²) in [6.07, 6.45) is 0. The van der Waals surface area contributed by atoms with Crippen LogP contribution in [0.4, 0.5) is 5.69 Å². The number of hydrogen-bond donors (Lipinski definition) is 1. The molecule has 0 aliphatic rings. The van der Waals surface area contributed by atoms with Crippen LogP contribution in [0.1, 0.15) is 35.3 Å². The number of anilines is 1. The number of nitrogens with one attached hydrogen (secondary N) is 1. The van der Waals surface area contributed by atoms with Gasteiger partial charge in [-0.15, -0.1) is 0 Å². The van der Waals surface area contributed by atoms with Crippen LogP contribution in [0.15, 0.2) is 12.1 Å². The van der Waals surface area contributed by atoms with Crippen LogP contribution >= 0.6 is 0 Å². The highest BCUT2D eigenvalue weighted by molar-refractivity contribution is 5.99. The van der Waals surface area contributed by atoms with Crippen LogP contribution in [-0.2, 0) is 4.79 Å². The van der Waals surface area contributed by atoms with E-state index in [1.807, 2.05) is 19.9 Å². The highest BCUT2D eigenvalue weighted by Crippen LogP contribution is 2.23. The number of Topliss-reactive ketones (excluding diaryl/α,β-unsaturated/α-hetero) is 1. The minimum Gasteiger partial charge on any atom is -0.326 e. The van der Waals surface area contributed by atoms with E-state index in [9.17, 15) is 9.59 Å². The van der Waals surface area contributed by atoms with E-state index in [0.29, 0.717) is 5.56 Å². The summed E-state index contributed by atoms with van der Waals surface area (Å²) in [5.74, 6) is -0.110. The van der Waals surface area contributed by atoms with Crippen LogP contribution < -0.4 is 5.32 Å². The van der Waals surface area contributed by atoms with Gasteiger partial charge in [0.25, 0.3) is 0 Å². The van der Waals surface area contributed by atoms with Crippen molar-refractivity contribution in [2.45, 2.75) is 27.7 Å². The van der Waals surface area contributed by atoms with Crippen molar-refractivity contribution in [3.63, 3.8) is 0 Å². The smallest absolute Gasteiger partial charge is 0.221 e. The third-order valence-electron chi connectivity index (χ3n) is 2.35. The molecule has 1 aromatic rings. The maximum absolute atomic E-state index is 11.3. The van der Waals surface area contributed by atoms with Crippen molar-refractivity contribution in [2.24, 2.45) is 0 Å². The summed E-state index contributed by atoms with van der Waals surface area (Å²) in [7, 11) is 0. The number of amides is 1. The maximum Gasteiger partial charge on any atom is 0.221 e. The molecule has 3 heteroatoms. The SMILES string of the molecule is CC(=O)Nc1c(C)ccc(C(C)=O)c1C. The Labute approximate surface area is 89.5 Å². The zero-order valence-electron chi connectivity index (χ0n) is 9.47. The minimum atomic E-state index is -0.123. The molecule has 1 N–H and O–H groups in total. The highest BCUT2D eigenvalue weighted by Gasteiger charge is 2.11. The molecule has 0 atom stereocenters. The average Bonchev–Trinajstić information content (AvgIpc) is 2.11. The van der Waals surface area contributed by atoms with Crippen molar-refractivity contribution in [1.82, 2.24) is 0 Å². The maximum atomic E-state index is 11.3. The third kappa shape index (κ3) is 2.43. The van der Waals surface area contributed by atoms with Gasteiger partial charge in [-0.3, -0.25) is 9.59 Å². The second-order valence-corrected chi connectivity index (χ2v) is 3.67. The lowest BCUT2D eigenvalue weighted by Crippen LogP contribution is -2.10. The van der Waals surface area contributed by atoms with Gasteiger partial charge in [0.05, 0.1) is 0 Å². The molecule has 15 heavy (non-hydrogen) atoms. The molecule has 0 spiro atoms. The van der Waals surface area contributed by atoms with E-state index in [4.69, 9.17) is 0 Å². The fourth-order valence-electron chi connectivity index (χ4n) is 1.60. The number of carbonyl (C=O) groups is 2. The van der Waals surface area contributed by atoms with E-state index in [2.05, 4.69) is 5.32 Å². The van der Waals surface area contributed by atoms with Crippen molar-refractivity contribution in [2.75, 3.05) is 5.32 Å². The van der Waals surface area contributed by atoms with E-state index in [0.717, 1.165) is 16.8 Å². The van der Waals surface area contributed by atoms with Gasteiger partial charge in [0.15, 0.2) is 5.78 Å². The summed E-state index contributed by atoms with van der Waals surface area (Å²) >= 11 is 0. The van der Waals surface area contributed by atoms with Gasteiger partial charge in [-0.05, 0) is 31.9 Å². The number of aryl methyl sites for hydroxylation is 1. The van der Waals surface area contributed by atoms with Crippen molar-refractivity contribution >= 4 is 17.4 Å². The quantitative estimate of drug-likeness (QED) is 0.754. The van der Waals surface area contributed by atoms with E-state index < -0.39 is 0 Å². The lowest BCUT2D eigenvalue weighted by Gasteiger charge is -2.12. The van der Waals surface area contributed by atoms with Gasteiger partial charge >= 0.3 is 0 Å². The second kappa shape index (κ2) is 4.26. The molecule has 0 unspecified atom stereocenters. The van der Waals surface area contributed by atoms with Crippen LogP contribution in [0.3, 0.4) is 0 Å². The zero-order valence-corrected chi connectivity index (χ0v) is 9.47. The molecule has 0 fully saturated rings. The standard InChI is InChI=1S/C12H15NO2/c1-7-5-6-11(9(3)14)8(2)12(7)13-10(4)15/h5-6H,1-4H3,(H,13,15).